The van der Waals surface area contributed by atoms with Crippen molar-refractivity contribution in [2.45, 2.75) is 45.3 Å². The highest BCUT2D eigenvalue weighted by molar-refractivity contribution is 5.80. The summed E-state index contributed by atoms with van der Waals surface area (Å²) < 4.78 is 5.45. The van der Waals surface area contributed by atoms with E-state index in [1.54, 1.807) is 14.2 Å². The summed E-state index contributed by atoms with van der Waals surface area (Å²) in [4.78, 5) is 11.5. The molecule has 4 heteroatoms. The topological polar surface area (TPSA) is 50.4 Å². The molecular formula is C16H26N2O2. The fraction of sp³-hybridized carbons (Fsp3) is 0.562. The lowest BCUT2D eigenvalue weighted by Gasteiger charge is -2.28. The molecule has 0 aliphatic heterocycles. The third-order valence-electron chi connectivity index (χ3n) is 3.40. The molecule has 1 atom stereocenters. The van der Waals surface area contributed by atoms with Crippen LogP contribution < -0.4 is 10.6 Å². The summed E-state index contributed by atoms with van der Waals surface area (Å²) in [5, 5.41) is 6.13. The molecule has 0 aliphatic rings. The van der Waals surface area contributed by atoms with Gasteiger partial charge in [0.2, 0.25) is 5.91 Å². The first kappa shape index (κ1) is 16.5. The second-order valence-corrected chi connectivity index (χ2v) is 5.72. The third kappa shape index (κ3) is 5.21. The predicted octanol–water partition coefficient (Wildman–Crippen LogP) is 2.59. The molecule has 0 spiro atoms. The number of carbonyl (C=O) groups excluding carboxylic acids is 1. The molecule has 0 aromatic heterocycles. The molecule has 20 heavy (non-hydrogen) atoms. The van der Waals surface area contributed by atoms with E-state index in [0.29, 0.717) is 6.42 Å². The zero-order valence-electron chi connectivity index (χ0n) is 13.1. The maximum Gasteiger partial charge on any atom is 0.224 e. The number of benzene rings is 1. The zero-order chi connectivity index (χ0) is 15.2. The van der Waals surface area contributed by atoms with Gasteiger partial charge in [0.15, 0.2) is 0 Å². The van der Waals surface area contributed by atoms with Crippen LogP contribution in [0.15, 0.2) is 24.3 Å². The lowest BCUT2D eigenvalue weighted by molar-refractivity contribution is -0.119. The molecule has 0 fully saturated rings. The SMILES string of the molecule is CNC(=O)Cc1ccccc1NC(C)CC(C)(C)OC. The second kappa shape index (κ2) is 7.29. The smallest absolute Gasteiger partial charge is 0.224 e. The molecule has 1 rings (SSSR count). The van der Waals surface area contributed by atoms with Crippen molar-refractivity contribution >= 4 is 11.6 Å². The van der Waals surface area contributed by atoms with E-state index < -0.39 is 0 Å². The first-order chi connectivity index (χ1) is 9.38. The molecule has 2 N–H and O–H groups in total. The normalized spacial score (nSPS) is 12.8. The van der Waals surface area contributed by atoms with Gasteiger partial charge in [-0.3, -0.25) is 4.79 Å². The van der Waals surface area contributed by atoms with Crippen molar-refractivity contribution in [1.82, 2.24) is 5.32 Å². The quantitative estimate of drug-likeness (QED) is 0.806. The Labute approximate surface area is 121 Å². The summed E-state index contributed by atoms with van der Waals surface area (Å²) in [7, 11) is 3.38. The van der Waals surface area contributed by atoms with E-state index >= 15 is 0 Å². The van der Waals surface area contributed by atoms with Crippen LogP contribution in [0.1, 0.15) is 32.8 Å². The van der Waals surface area contributed by atoms with Crippen molar-refractivity contribution in [3.8, 4) is 0 Å². The summed E-state index contributed by atoms with van der Waals surface area (Å²) in [6.07, 6.45) is 1.28. The first-order valence-electron chi connectivity index (χ1n) is 6.98. The number of amides is 1. The highest BCUT2D eigenvalue weighted by atomic mass is 16.5. The van der Waals surface area contributed by atoms with Crippen LogP contribution in [0, 0.1) is 0 Å². The average Bonchev–Trinajstić information content (AvgIpc) is 2.40. The number of likely N-dealkylation sites (N-methyl/N-ethyl adjacent to an activating group) is 1. The molecule has 1 amide bonds. The lowest BCUT2D eigenvalue weighted by Crippen LogP contribution is -2.31. The third-order valence-corrected chi connectivity index (χ3v) is 3.40. The molecule has 0 aliphatic carbocycles. The van der Waals surface area contributed by atoms with Crippen LogP contribution in [0.2, 0.25) is 0 Å². The van der Waals surface area contributed by atoms with E-state index in [2.05, 4.69) is 31.4 Å². The fourth-order valence-electron chi connectivity index (χ4n) is 2.21. The Morgan fingerprint density at radius 1 is 1.35 bits per heavy atom. The predicted molar refractivity (Wildman–Crippen MR) is 83.0 cm³/mol. The number of nitrogens with one attached hydrogen (secondary N) is 2. The van der Waals surface area contributed by atoms with Gasteiger partial charge in [-0.2, -0.15) is 0 Å². The molecule has 0 heterocycles. The molecule has 112 valence electrons. The maximum atomic E-state index is 11.5. The summed E-state index contributed by atoms with van der Waals surface area (Å²) in [6, 6.07) is 8.17. The number of anilines is 1. The highest BCUT2D eigenvalue weighted by Gasteiger charge is 2.20. The molecular weight excluding hydrogens is 252 g/mol. The Kier molecular flexibility index (Phi) is 6.02. The van der Waals surface area contributed by atoms with E-state index in [1.807, 2.05) is 24.3 Å². The minimum atomic E-state index is -0.165. The largest absolute Gasteiger partial charge is 0.382 e. The molecule has 4 nitrogen and oxygen atoms in total. The fourth-order valence-corrected chi connectivity index (χ4v) is 2.21. The van der Waals surface area contributed by atoms with Crippen LogP contribution in [0.4, 0.5) is 5.69 Å². The number of carbonyl (C=O) groups is 1. The summed E-state index contributed by atoms with van der Waals surface area (Å²) in [5.41, 5.74) is 1.85. The van der Waals surface area contributed by atoms with Gasteiger partial charge in [0.1, 0.15) is 0 Å². The number of hydrogen-bond donors (Lipinski definition) is 2. The van der Waals surface area contributed by atoms with Gasteiger partial charge in [0.05, 0.1) is 12.0 Å². The van der Waals surface area contributed by atoms with Gasteiger partial charge in [-0.15, -0.1) is 0 Å². The zero-order valence-corrected chi connectivity index (χ0v) is 13.1. The first-order valence-corrected chi connectivity index (χ1v) is 6.98. The van der Waals surface area contributed by atoms with Gasteiger partial charge in [-0.1, -0.05) is 18.2 Å². The Balaban J connectivity index is 2.74. The van der Waals surface area contributed by atoms with Crippen molar-refractivity contribution in [2.75, 3.05) is 19.5 Å². The van der Waals surface area contributed by atoms with Crippen LogP contribution in [0.3, 0.4) is 0 Å². The summed E-state index contributed by atoms with van der Waals surface area (Å²) in [6.45, 7) is 6.26. The van der Waals surface area contributed by atoms with E-state index in [1.165, 1.54) is 0 Å². The van der Waals surface area contributed by atoms with Gasteiger partial charge >= 0.3 is 0 Å². The molecule has 1 aromatic rings. The Bertz CT molecular complexity index is 444. The summed E-state index contributed by atoms with van der Waals surface area (Å²) in [5.74, 6) is 0.0177. The minimum absolute atomic E-state index is 0.0177. The van der Waals surface area contributed by atoms with Crippen molar-refractivity contribution in [1.29, 1.82) is 0 Å². The van der Waals surface area contributed by atoms with E-state index in [-0.39, 0.29) is 17.6 Å². The van der Waals surface area contributed by atoms with Crippen LogP contribution in [0.5, 0.6) is 0 Å². The van der Waals surface area contributed by atoms with Gasteiger partial charge in [-0.05, 0) is 38.8 Å². The van der Waals surface area contributed by atoms with Gasteiger partial charge in [-0.25, -0.2) is 0 Å². The van der Waals surface area contributed by atoms with Crippen LogP contribution in [0.25, 0.3) is 0 Å². The standard InChI is InChI=1S/C16H26N2O2/c1-12(11-16(2,3)20-5)18-14-9-7-6-8-13(14)10-15(19)17-4/h6-9,12,18H,10-11H2,1-5H3,(H,17,19). The van der Waals surface area contributed by atoms with Crippen molar-refractivity contribution in [3.63, 3.8) is 0 Å². The molecule has 0 bridgehead atoms. The average molecular weight is 278 g/mol. The number of hydrogen-bond acceptors (Lipinski definition) is 3. The van der Waals surface area contributed by atoms with Crippen LogP contribution >= 0.6 is 0 Å². The second-order valence-electron chi connectivity index (χ2n) is 5.72. The Morgan fingerprint density at radius 2 is 2.00 bits per heavy atom. The molecule has 0 saturated heterocycles. The minimum Gasteiger partial charge on any atom is -0.382 e. The molecule has 1 aromatic carbocycles. The van der Waals surface area contributed by atoms with E-state index in [0.717, 1.165) is 17.7 Å². The van der Waals surface area contributed by atoms with Crippen molar-refractivity contribution < 1.29 is 9.53 Å². The number of methoxy groups -OCH3 is 1. The van der Waals surface area contributed by atoms with Crippen LogP contribution in [-0.4, -0.2) is 31.7 Å². The Morgan fingerprint density at radius 3 is 2.60 bits per heavy atom. The van der Waals surface area contributed by atoms with Crippen molar-refractivity contribution in [2.24, 2.45) is 0 Å². The molecule has 0 radical (unpaired) electrons. The van der Waals surface area contributed by atoms with E-state index in [4.69, 9.17) is 4.74 Å². The lowest BCUT2D eigenvalue weighted by atomic mass is 9.99. The number of rotatable bonds is 7. The van der Waals surface area contributed by atoms with Gasteiger partial charge in [0, 0.05) is 25.9 Å². The molecule has 0 saturated carbocycles. The van der Waals surface area contributed by atoms with Crippen LogP contribution in [-0.2, 0) is 16.0 Å². The number of ether oxygens (including phenoxy) is 1. The van der Waals surface area contributed by atoms with E-state index in [9.17, 15) is 4.79 Å². The van der Waals surface area contributed by atoms with Gasteiger partial charge < -0.3 is 15.4 Å². The monoisotopic (exact) mass is 278 g/mol. The van der Waals surface area contributed by atoms with Gasteiger partial charge in [0.25, 0.3) is 0 Å². The van der Waals surface area contributed by atoms with Crippen molar-refractivity contribution in [3.05, 3.63) is 29.8 Å². The number of para-hydroxylation sites is 1. The Hall–Kier alpha value is -1.55. The maximum absolute atomic E-state index is 11.5. The summed E-state index contributed by atoms with van der Waals surface area (Å²) >= 11 is 0. The highest BCUT2D eigenvalue weighted by Crippen LogP contribution is 2.21. The molecule has 1 unspecified atom stereocenters.